The van der Waals surface area contributed by atoms with Crippen molar-refractivity contribution in [2.45, 2.75) is 37.8 Å². The molecule has 0 aromatic heterocycles. The minimum absolute atomic E-state index is 0.211. The van der Waals surface area contributed by atoms with Crippen molar-refractivity contribution in [1.82, 2.24) is 20.4 Å². The third kappa shape index (κ3) is 5.24. The van der Waals surface area contributed by atoms with Crippen LogP contribution in [0.3, 0.4) is 0 Å². The third-order valence-corrected chi connectivity index (χ3v) is 7.93. The van der Waals surface area contributed by atoms with Crippen molar-refractivity contribution in [3.63, 3.8) is 0 Å². The number of nitrogens with zero attached hydrogens (tertiary/aromatic N) is 2. The minimum Gasteiger partial charge on any atom is -0.315 e. The standard InChI is InChI=1S/2C18H18N2O2/c2*1-2-13-20-16(21)18(19-17(20)22,14-9-5-3-6-10-14)15-11-7-4-8-12-15/h2*3-12H,2,13H2,1H3,(H,19,22). The van der Waals surface area contributed by atoms with Crippen LogP contribution in [-0.2, 0) is 20.7 Å². The summed E-state index contributed by atoms with van der Waals surface area (Å²) in [4.78, 5) is 53.4. The molecule has 0 bridgehead atoms. The van der Waals surface area contributed by atoms with E-state index < -0.39 is 11.1 Å². The first-order valence-electron chi connectivity index (χ1n) is 14.9. The number of hydrogen-bond acceptors (Lipinski definition) is 4. The third-order valence-electron chi connectivity index (χ3n) is 7.93. The van der Waals surface area contributed by atoms with Crippen LogP contribution in [0.2, 0.25) is 0 Å². The molecule has 2 N–H and O–H groups in total. The van der Waals surface area contributed by atoms with Crippen molar-refractivity contribution >= 4 is 23.9 Å². The molecule has 0 unspecified atom stereocenters. The zero-order valence-electron chi connectivity index (χ0n) is 24.9. The first-order valence-corrected chi connectivity index (χ1v) is 14.9. The maximum atomic E-state index is 13.1. The molecule has 2 saturated heterocycles. The first kappa shape index (κ1) is 30.2. The second-order valence-corrected chi connectivity index (χ2v) is 10.7. The summed E-state index contributed by atoms with van der Waals surface area (Å²) in [6.45, 7) is 4.75. The van der Waals surface area contributed by atoms with E-state index in [1.165, 1.54) is 9.80 Å². The summed E-state index contributed by atoms with van der Waals surface area (Å²) >= 11 is 0. The second kappa shape index (κ2) is 13.0. The molecular weight excluding hydrogens is 552 g/mol. The van der Waals surface area contributed by atoms with Gasteiger partial charge in [0.1, 0.15) is 0 Å². The van der Waals surface area contributed by atoms with E-state index in [9.17, 15) is 19.2 Å². The molecule has 6 amide bonds. The first-order chi connectivity index (χ1) is 21.4. The van der Waals surface area contributed by atoms with Crippen LogP contribution in [0.25, 0.3) is 0 Å². The Morgan fingerprint density at radius 1 is 0.455 bits per heavy atom. The Morgan fingerprint density at radius 2 is 0.705 bits per heavy atom. The Morgan fingerprint density at radius 3 is 0.932 bits per heavy atom. The summed E-state index contributed by atoms with van der Waals surface area (Å²) in [7, 11) is 0. The van der Waals surface area contributed by atoms with Gasteiger partial charge < -0.3 is 10.6 Å². The van der Waals surface area contributed by atoms with Crippen molar-refractivity contribution < 1.29 is 19.2 Å². The molecule has 224 valence electrons. The van der Waals surface area contributed by atoms with Crippen molar-refractivity contribution in [3.8, 4) is 0 Å². The summed E-state index contributed by atoms with van der Waals surface area (Å²) < 4.78 is 0. The lowest BCUT2D eigenvalue weighted by Crippen LogP contribution is -2.45. The number of hydrogen-bond donors (Lipinski definition) is 2. The summed E-state index contributed by atoms with van der Waals surface area (Å²) in [5, 5.41) is 5.84. The summed E-state index contributed by atoms with van der Waals surface area (Å²) in [6, 6.07) is 36.9. The van der Waals surface area contributed by atoms with Gasteiger partial charge in [-0.05, 0) is 35.1 Å². The number of rotatable bonds is 8. The fraction of sp³-hybridized carbons (Fsp3) is 0.222. The van der Waals surface area contributed by atoms with E-state index in [0.29, 0.717) is 13.1 Å². The number of benzene rings is 4. The van der Waals surface area contributed by atoms with Gasteiger partial charge in [-0.1, -0.05) is 135 Å². The highest BCUT2D eigenvalue weighted by Gasteiger charge is 2.54. The van der Waals surface area contributed by atoms with Gasteiger partial charge in [0.15, 0.2) is 11.1 Å². The van der Waals surface area contributed by atoms with Gasteiger partial charge in [-0.3, -0.25) is 19.4 Å². The maximum Gasteiger partial charge on any atom is 0.325 e. The summed E-state index contributed by atoms with van der Waals surface area (Å²) in [6.07, 6.45) is 1.47. The van der Waals surface area contributed by atoms with Crippen molar-refractivity contribution in [2.24, 2.45) is 0 Å². The number of carbonyl (C=O) groups excluding carboxylic acids is 4. The molecule has 8 heteroatoms. The lowest BCUT2D eigenvalue weighted by molar-refractivity contribution is -0.131. The second-order valence-electron chi connectivity index (χ2n) is 10.7. The van der Waals surface area contributed by atoms with Crippen LogP contribution in [0.4, 0.5) is 9.59 Å². The van der Waals surface area contributed by atoms with E-state index in [-0.39, 0.29) is 23.9 Å². The zero-order valence-corrected chi connectivity index (χ0v) is 24.9. The summed E-state index contributed by atoms with van der Waals surface area (Å²) in [5.74, 6) is -0.423. The van der Waals surface area contributed by atoms with Crippen LogP contribution in [0.15, 0.2) is 121 Å². The Labute approximate surface area is 257 Å². The van der Waals surface area contributed by atoms with Crippen LogP contribution in [0.1, 0.15) is 48.9 Å². The average molecular weight is 589 g/mol. The van der Waals surface area contributed by atoms with E-state index in [4.69, 9.17) is 0 Å². The highest BCUT2D eigenvalue weighted by Crippen LogP contribution is 2.37. The smallest absolute Gasteiger partial charge is 0.315 e. The molecule has 6 rings (SSSR count). The van der Waals surface area contributed by atoms with Gasteiger partial charge in [-0.25, -0.2) is 9.59 Å². The topological polar surface area (TPSA) is 98.8 Å². The Bertz CT molecular complexity index is 1410. The molecule has 4 aromatic carbocycles. The van der Waals surface area contributed by atoms with E-state index in [1.54, 1.807) is 0 Å². The number of urea groups is 2. The fourth-order valence-corrected chi connectivity index (χ4v) is 5.87. The van der Waals surface area contributed by atoms with Gasteiger partial charge in [-0.2, -0.15) is 0 Å². The highest BCUT2D eigenvalue weighted by molar-refractivity contribution is 6.10. The Balaban J connectivity index is 0.000000175. The largest absolute Gasteiger partial charge is 0.325 e. The molecular formula is C36H36N4O4. The van der Waals surface area contributed by atoms with Crippen LogP contribution >= 0.6 is 0 Å². The normalized spacial score (nSPS) is 16.7. The van der Waals surface area contributed by atoms with E-state index in [2.05, 4.69) is 10.6 Å². The lowest BCUT2D eigenvalue weighted by atomic mass is 9.82. The quantitative estimate of drug-likeness (QED) is 0.255. The van der Waals surface area contributed by atoms with Crippen LogP contribution in [0.5, 0.6) is 0 Å². The van der Waals surface area contributed by atoms with Gasteiger partial charge in [0, 0.05) is 13.1 Å². The number of carbonyl (C=O) groups is 4. The number of amides is 6. The molecule has 0 radical (unpaired) electrons. The van der Waals surface area contributed by atoms with Gasteiger partial charge in [0.2, 0.25) is 0 Å². The molecule has 8 nitrogen and oxygen atoms in total. The van der Waals surface area contributed by atoms with Crippen molar-refractivity contribution in [3.05, 3.63) is 144 Å². The van der Waals surface area contributed by atoms with E-state index in [0.717, 1.165) is 35.1 Å². The van der Waals surface area contributed by atoms with E-state index in [1.807, 2.05) is 135 Å². The molecule has 0 spiro atoms. The van der Waals surface area contributed by atoms with Crippen molar-refractivity contribution in [1.29, 1.82) is 0 Å². The molecule has 2 fully saturated rings. The summed E-state index contributed by atoms with van der Waals surface area (Å²) in [5.41, 5.74) is 0.844. The van der Waals surface area contributed by atoms with Gasteiger partial charge in [-0.15, -0.1) is 0 Å². The molecule has 0 saturated carbocycles. The Hall–Kier alpha value is -5.24. The number of imide groups is 2. The predicted molar refractivity (Wildman–Crippen MR) is 168 cm³/mol. The van der Waals surface area contributed by atoms with Gasteiger partial charge in [0.25, 0.3) is 11.8 Å². The minimum atomic E-state index is -1.13. The molecule has 4 aromatic rings. The zero-order chi connectivity index (χ0) is 31.2. The molecule has 2 aliphatic rings. The van der Waals surface area contributed by atoms with Crippen LogP contribution in [-0.4, -0.2) is 46.8 Å². The molecule has 2 aliphatic heterocycles. The van der Waals surface area contributed by atoms with Crippen molar-refractivity contribution in [2.75, 3.05) is 13.1 Å². The Kier molecular flexibility index (Phi) is 8.90. The average Bonchev–Trinajstić information content (AvgIpc) is 3.48. The van der Waals surface area contributed by atoms with Gasteiger partial charge in [0.05, 0.1) is 0 Å². The SMILES string of the molecule is CCCN1C(=O)NC(c2ccccc2)(c2ccccc2)C1=O.CCCN1C(=O)NC(c2ccccc2)(c2ccccc2)C1=O. The van der Waals surface area contributed by atoms with Gasteiger partial charge >= 0.3 is 12.1 Å². The maximum absolute atomic E-state index is 13.1. The highest BCUT2D eigenvalue weighted by atomic mass is 16.2. The molecule has 0 atom stereocenters. The monoisotopic (exact) mass is 588 g/mol. The fourth-order valence-electron chi connectivity index (χ4n) is 5.87. The lowest BCUT2D eigenvalue weighted by Gasteiger charge is -2.28. The predicted octanol–water partition coefficient (Wildman–Crippen LogP) is 5.78. The molecule has 2 heterocycles. The van der Waals surface area contributed by atoms with E-state index >= 15 is 0 Å². The molecule has 44 heavy (non-hydrogen) atoms. The van der Waals surface area contributed by atoms with Crippen LogP contribution < -0.4 is 10.6 Å². The van der Waals surface area contributed by atoms with Crippen LogP contribution in [0, 0.1) is 0 Å². The molecule has 0 aliphatic carbocycles. The number of nitrogens with one attached hydrogen (secondary N) is 2.